The van der Waals surface area contributed by atoms with Crippen molar-refractivity contribution in [3.63, 3.8) is 0 Å². The van der Waals surface area contributed by atoms with Crippen LogP contribution in [0.5, 0.6) is 0 Å². The summed E-state index contributed by atoms with van der Waals surface area (Å²) in [5, 5.41) is 12.2. The van der Waals surface area contributed by atoms with Gasteiger partial charge in [0.25, 0.3) is 0 Å². The highest BCUT2D eigenvalue weighted by molar-refractivity contribution is 7.91. The fourth-order valence-corrected chi connectivity index (χ4v) is 5.30. The van der Waals surface area contributed by atoms with Gasteiger partial charge in [-0.05, 0) is 73.2 Å². The normalized spacial score (nSPS) is 12.4. The highest BCUT2D eigenvalue weighted by atomic mass is 32.2. The van der Waals surface area contributed by atoms with Gasteiger partial charge < -0.3 is 10.4 Å². The molecule has 0 spiro atoms. The van der Waals surface area contributed by atoms with Gasteiger partial charge in [-0.15, -0.1) is 0 Å². The molecule has 0 aliphatic carbocycles. The lowest BCUT2D eigenvalue weighted by atomic mass is 10.0. The number of unbranched alkanes of at least 4 members (excludes halogenated alkanes) is 1. The smallest absolute Gasteiger partial charge is 0.416 e. The number of rotatable bonds is 11. The van der Waals surface area contributed by atoms with Gasteiger partial charge in [-0.3, -0.25) is 0 Å². The molecule has 0 bridgehead atoms. The summed E-state index contributed by atoms with van der Waals surface area (Å²) >= 11 is 0. The summed E-state index contributed by atoms with van der Waals surface area (Å²) in [6.45, 7) is 0.330. The molecule has 3 rings (SSSR count). The first kappa shape index (κ1) is 30.0. The molecule has 2 N–H and O–H groups in total. The Hall–Kier alpha value is -3.54. The summed E-state index contributed by atoms with van der Waals surface area (Å²) in [7, 11) is -4.39. The molecule has 0 unspecified atom stereocenters. The van der Waals surface area contributed by atoms with Gasteiger partial charge in [0.2, 0.25) is 0 Å². The molecule has 0 aliphatic heterocycles. The molecule has 0 fully saturated rings. The Labute approximate surface area is 221 Å². The summed E-state index contributed by atoms with van der Waals surface area (Å²) in [5.41, 5.74) is -0.440. The fraction of sp³-hybridized carbons (Fsp3) is 0.296. The Bertz CT molecular complexity index is 1370. The van der Waals surface area contributed by atoms with Crippen molar-refractivity contribution in [1.82, 2.24) is 0 Å². The van der Waals surface area contributed by atoms with Gasteiger partial charge in [0, 0.05) is 12.2 Å². The Balaban J connectivity index is 1.58. The number of carbonyl (C=O) groups is 1. The van der Waals surface area contributed by atoms with Crippen LogP contribution in [0.4, 0.5) is 32.0 Å². The van der Waals surface area contributed by atoms with Crippen LogP contribution >= 0.6 is 0 Å². The predicted octanol–water partition coefficient (Wildman–Crippen LogP) is 6.87. The third-order valence-corrected chi connectivity index (χ3v) is 7.76. The number of para-hydroxylation sites is 1. The number of carboxylic acids is 1. The van der Waals surface area contributed by atoms with Crippen molar-refractivity contribution in [3.8, 4) is 0 Å². The van der Waals surface area contributed by atoms with E-state index >= 15 is 0 Å². The maximum atomic E-state index is 13.1. The molecule has 210 valence electrons. The van der Waals surface area contributed by atoms with Gasteiger partial charge in [0.15, 0.2) is 9.84 Å². The summed E-state index contributed by atoms with van der Waals surface area (Å²) in [4.78, 5) is 9.97. The summed E-state index contributed by atoms with van der Waals surface area (Å²) in [6, 6.07) is 14.3. The molecule has 39 heavy (non-hydrogen) atoms. The number of hydrogen-bond donors (Lipinski definition) is 2. The van der Waals surface area contributed by atoms with E-state index in [9.17, 15) is 39.6 Å². The van der Waals surface area contributed by atoms with Crippen LogP contribution in [0.1, 0.15) is 45.5 Å². The van der Waals surface area contributed by atoms with Crippen molar-refractivity contribution in [2.24, 2.45) is 0 Å². The Morgan fingerprint density at radius 3 is 1.95 bits per heavy atom. The third-order valence-electron chi connectivity index (χ3n) is 5.98. The topological polar surface area (TPSA) is 83.5 Å². The average Bonchev–Trinajstić information content (AvgIpc) is 2.86. The van der Waals surface area contributed by atoms with Gasteiger partial charge in [-0.25, -0.2) is 13.2 Å². The first-order valence-corrected chi connectivity index (χ1v) is 13.5. The van der Waals surface area contributed by atoms with Crippen molar-refractivity contribution in [3.05, 3.63) is 94.5 Å². The minimum absolute atomic E-state index is 0.0189. The van der Waals surface area contributed by atoms with Crippen LogP contribution in [-0.2, 0) is 35.0 Å². The lowest BCUT2D eigenvalue weighted by Gasteiger charge is -2.15. The molecule has 0 aliphatic rings. The zero-order valence-corrected chi connectivity index (χ0v) is 21.3. The highest BCUT2D eigenvalue weighted by Gasteiger charge is 2.38. The van der Waals surface area contributed by atoms with E-state index in [0.29, 0.717) is 25.8 Å². The van der Waals surface area contributed by atoms with Gasteiger partial charge in [0.1, 0.15) is 0 Å². The van der Waals surface area contributed by atoms with Gasteiger partial charge in [0.05, 0.1) is 27.3 Å². The highest BCUT2D eigenvalue weighted by Crippen LogP contribution is 2.37. The summed E-state index contributed by atoms with van der Waals surface area (Å²) in [5.74, 6) is -1.62. The fourth-order valence-electron chi connectivity index (χ4n) is 3.87. The van der Waals surface area contributed by atoms with Crippen molar-refractivity contribution < 1.29 is 44.7 Å². The predicted molar refractivity (Wildman–Crippen MR) is 133 cm³/mol. The molecule has 0 radical (unpaired) electrons. The van der Waals surface area contributed by atoms with Crippen molar-refractivity contribution >= 4 is 21.5 Å². The van der Waals surface area contributed by atoms with E-state index in [1.807, 2.05) is 24.3 Å². The molecule has 0 heterocycles. The number of anilines is 1. The molecular weight excluding hydrogens is 548 g/mol. The molecule has 0 saturated heterocycles. The monoisotopic (exact) mass is 573 g/mol. The zero-order chi connectivity index (χ0) is 28.8. The van der Waals surface area contributed by atoms with E-state index < -0.39 is 49.9 Å². The first-order valence-electron chi connectivity index (χ1n) is 11.8. The van der Waals surface area contributed by atoms with Crippen molar-refractivity contribution in [2.75, 3.05) is 17.6 Å². The van der Waals surface area contributed by atoms with Crippen LogP contribution in [0.15, 0.2) is 71.6 Å². The molecule has 0 saturated carbocycles. The van der Waals surface area contributed by atoms with Crippen molar-refractivity contribution in [1.29, 1.82) is 0 Å². The Morgan fingerprint density at radius 1 is 0.795 bits per heavy atom. The van der Waals surface area contributed by atoms with E-state index in [1.54, 1.807) is 12.1 Å². The second-order valence-corrected chi connectivity index (χ2v) is 11.0. The zero-order valence-electron chi connectivity index (χ0n) is 20.4. The van der Waals surface area contributed by atoms with Gasteiger partial charge >= 0.3 is 18.3 Å². The van der Waals surface area contributed by atoms with Crippen LogP contribution in [0, 0.1) is 0 Å². The second kappa shape index (κ2) is 12.1. The molecule has 12 heteroatoms. The van der Waals surface area contributed by atoms with E-state index in [2.05, 4.69) is 5.32 Å². The van der Waals surface area contributed by atoms with E-state index in [4.69, 9.17) is 5.11 Å². The number of alkyl halides is 6. The number of halogens is 6. The van der Waals surface area contributed by atoms with Gasteiger partial charge in [-0.2, -0.15) is 26.3 Å². The number of sulfone groups is 1. The molecule has 0 amide bonds. The van der Waals surface area contributed by atoms with E-state index in [1.165, 1.54) is 12.1 Å². The molecule has 3 aromatic rings. The number of benzene rings is 3. The molecule has 5 nitrogen and oxygen atoms in total. The summed E-state index contributed by atoms with van der Waals surface area (Å²) < 4.78 is 104. The van der Waals surface area contributed by atoms with Crippen LogP contribution in [0.25, 0.3) is 0 Å². The molecular formula is C27H25F6NO4S. The lowest BCUT2D eigenvalue weighted by Crippen LogP contribution is -2.15. The minimum Gasteiger partial charge on any atom is -0.478 e. The van der Waals surface area contributed by atoms with Crippen LogP contribution in [0.3, 0.4) is 0 Å². The Morgan fingerprint density at radius 2 is 1.38 bits per heavy atom. The minimum atomic E-state index is -5.13. The molecule has 3 aromatic carbocycles. The lowest BCUT2D eigenvalue weighted by molar-refractivity contribution is -0.143. The first-order chi connectivity index (χ1) is 18.2. The number of aromatic carboxylic acids is 1. The summed E-state index contributed by atoms with van der Waals surface area (Å²) in [6.07, 6.45) is -8.66. The average molecular weight is 574 g/mol. The van der Waals surface area contributed by atoms with Gasteiger partial charge in [-0.1, -0.05) is 30.3 Å². The number of aryl methyl sites for hydroxylation is 2. The van der Waals surface area contributed by atoms with Crippen LogP contribution in [-0.4, -0.2) is 31.8 Å². The molecule has 0 aromatic heterocycles. The quantitative estimate of drug-likeness (QED) is 0.193. The van der Waals surface area contributed by atoms with E-state index in [0.717, 1.165) is 16.8 Å². The SMILES string of the molecule is O=C(O)c1ccc(CCc2ccccc2NCCCCS(=O)(=O)c2cc(C(F)(F)F)cc(C(F)(F)F)c2)cc1. The number of nitrogens with one attached hydrogen (secondary N) is 1. The standard InChI is InChI=1S/C27H25F6NO4S/c28-26(29,30)21-15-22(27(31,32)33)17-23(16-21)39(37,38)14-4-3-13-34-24-6-2-1-5-19(24)10-7-18-8-11-20(12-9-18)25(35)36/h1-2,5-6,8-9,11-12,15-17,34H,3-4,7,10,13-14H2,(H,35,36). The van der Waals surface area contributed by atoms with E-state index in [-0.39, 0.29) is 30.2 Å². The van der Waals surface area contributed by atoms with Crippen molar-refractivity contribution in [2.45, 2.75) is 42.9 Å². The number of carboxylic acid groups (broad SMARTS) is 1. The maximum Gasteiger partial charge on any atom is 0.416 e. The second-order valence-electron chi connectivity index (χ2n) is 8.85. The Kier molecular flexibility index (Phi) is 9.31. The number of hydrogen-bond acceptors (Lipinski definition) is 4. The molecule has 0 atom stereocenters. The van der Waals surface area contributed by atoms with Crippen LogP contribution < -0.4 is 5.32 Å². The third kappa shape index (κ3) is 8.47. The van der Waals surface area contributed by atoms with Crippen LogP contribution in [0.2, 0.25) is 0 Å². The largest absolute Gasteiger partial charge is 0.478 e. The maximum absolute atomic E-state index is 13.1.